The summed E-state index contributed by atoms with van der Waals surface area (Å²) in [5, 5.41) is 6.59. The number of aryl methyl sites for hydroxylation is 1. The van der Waals surface area contributed by atoms with Gasteiger partial charge in [0.1, 0.15) is 5.75 Å². The highest BCUT2D eigenvalue weighted by molar-refractivity contribution is 7.14. The molecule has 4 nitrogen and oxygen atoms in total. The molecule has 0 saturated heterocycles. The minimum atomic E-state index is -2.88. The first kappa shape index (κ1) is 20.0. The lowest BCUT2D eigenvalue weighted by atomic mass is 10.1. The molecule has 0 fully saturated rings. The van der Waals surface area contributed by atoms with Gasteiger partial charge < -0.3 is 21.7 Å². The van der Waals surface area contributed by atoms with Crippen molar-refractivity contribution in [1.82, 2.24) is 4.98 Å². The van der Waals surface area contributed by atoms with Gasteiger partial charge in [-0.2, -0.15) is 13.9 Å². The third kappa shape index (κ3) is 5.34. The number of nitrogens with one attached hydrogen (secondary N) is 1. The third-order valence-electron chi connectivity index (χ3n) is 3.35. The van der Waals surface area contributed by atoms with Gasteiger partial charge in [0.15, 0.2) is 0 Å². The Morgan fingerprint density at radius 1 is 1.15 bits per heavy atom. The van der Waals surface area contributed by atoms with Crippen LogP contribution >= 0.6 is 11.3 Å². The molecule has 0 unspecified atom stereocenters. The number of hydrazone groups is 1. The number of hydrogen-bond acceptors (Lipinski definition) is 5. The molecule has 0 saturated carbocycles. The van der Waals surface area contributed by atoms with Crippen LogP contribution in [0.25, 0.3) is 11.3 Å². The molecule has 26 heavy (non-hydrogen) atoms. The summed E-state index contributed by atoms with van der Waals surface area (Å²) in [7, 11) is 0. The Morgan fingerprint density at radius 3 is 2.62 bits per heavy atom. The lowest BCUT2D eigenvalue weighted by Gasteiger charge is -2.06. The van der Waals surface area contributed by atoms with Gasteiger partial charge in [-0.1, -0.05) is 42.0 Å². The quantitative estimate of drug-likeness (QED) is 0.473. The monoisotopic (exact) mass is 438 g/mol. The van der Waals surface area contributed by atoms with E-state index in [0.29, 0.717) is 10.7 Å². The van der Waals surface area contributed by atoms with Crippen molar-refractivity contribution in [2.45, 2.75) is 13.5 Å². The van der Waals surface area contributed by atoms with Crippen molar-refractivity contribution < 1.29 is 30.5 Å². The minimum Gasteiger partial charge on any atom is -1.00 e. The number of aromatic nitrogens is 1. The Bertz CT molecular complexity index is 869. The highest BCUT2D eigenvalue weighted by Gasteiger charge is 2.07. The Hall–Kier alpha value is -2.32. The fourth-order valence-electron chi connectivity index (χ4n) is 2.13. The Morgan fingerprint density at radius 2 is 1.88 bits per heavy atom. The number of rotatable bonds is 6. The van der Waals surface area contributed by atoms with Crippen LogP contribution in [0.3, 0.4) is 0 Å². The van der Waals surface area contributed by atoms with Crippen molar-refractivity contribution in [2.75, 3.05) is 5.43 Å². The smallest absolute Gasteiger partial charge is 0.387 e. The lowest BCUT2D eigenvalue weighted by Crippen LogP contribution is -3.00. The molecule has 1 heterocycles. The van der Waals surface area contributed by atoms with Crippen molar-refractivity contribution >= 4 is 22.7 Å². The van der Waals surface area contributed by atoms with Crippen LogP contribution in [0.15, 0.2) is 59.0 Å². The molecule has 1 N–H and O–H groups in total. The van der Waals surface area contributed by atoms with Gasteiger partial charge in [0, 0.05) is 16.5 Å². The van der Waals surface area contributed by atoms with Gasteiger partial charge in [-0.25, -0.2) is 4.98 Å². The first-order chi connectivity index (χ1) is 12.1. The van der Waals surface area contributed by atoms with E-state index in [-0.39, 0.29) is 22.7 Å². The van der Waals surface area contributed by atoms with Gasteiger partial charge in [-0.05, 0) is 19.1 Å². The number of thiazole rings is 1. The summed E-state index contributed by atoms with van der Waals surface area (Å²) < 4.78 is 29.2. The fraction of sp³-hybridized carbons (Fsp3) is 0.111. The summed E-state index contributed by atoms with van der Waals surface area (Å²) in [6.45, 7) is -0.846. The van der Waals surface area contributed by atoms with Crippen LogP contribution in [0.4, 0.5) is 13.9 Å². The molecule has 136 valence electrons. The molecule has 0 aliphatic rings. The number of nitrogens with zero attached hydrogens (tertiary/aromatic N) is 2. The summed E-state index contributed by atoms with van der Waals surface area (Å²) in [6, 6.07) is 14.5. The minimum absolute atomic E-state index is 0. The van der Waals surface area contributed by atoms with Gasteiger partial charge >= 0.3 is 6.61 Å². The molecule has 0 aliphatic heterocycles. The number of para-hydroxylation sites is 1. The zero-order valence-electron chi connectivity index (χ0n) is 13.7. The molecule has 3 aromatic rings. The average Bonchev–Trinajstić information content (AvgIpc) is 3.05. The van der Waals surface area contributed by atoms with E-state index in [1.165, 1.54) is 29.2 Å². The fourth-order valence-corrected chi connectivity index (χ4v) is 2.80. The van der Waals surface area contributed by atoms with Gasteiger partial charge in [0.2, 0.25) is 5.13 Å². The van der Waals surface area contributed by atoms with E-state index in [1.807, 2.05) is 36.6 Å². The Kier molecular flexibility index (Phi) is 7.23. The zero-order chi connectivity index (χ0) is 17.6. The molecule has 0 radical (unpaired) electrons. The van der Waals surface area contributed by atoms with Crippen LogP contribution in [-0.4, -0.2) is 17.8 Å². The molecular weight excluding hydrogens is 424 g/mol. The molecular formula is C18H15BrF2N3OS-. The van der Waals surface area contributed by atoms with Crippen LogP contribution in [0.5, 0.6) is 5.75 Å². The summed E-state index contributed by atoms with van der Waals surface area (Å²) >= 11 is 1.41. The van der Waals surface area contributed by atoms with Crippen LogP contribution in [0.1, 0.15) is 11.1 Å². The van der Waals surface area contributed by atoms with Crippen molar-refractivity contribution in [3.05, 3.63) is 65.0 Å². The number of ether oxygens (including phenoxy) is 1. The van der Waals surface area contributed by atoms with Crippen molar-refractivity contribution in [1.29, 1.82) is 0 Å². The maximum atomic E-state index is 12.4. The second-order valence-electron chi connectivity index (χ2n) is 5.19. The van der Waals surface area contributed by atoms with Crippen LogP contribution in [-0.2, 0) is 0 Å². The second-order valence-corrected chi connectivity index (χ2v) is 6.05. The molecule has 0 atom stereocenters. The Balaban J connectivity index is 0.00000243. The normalized spacial score (nSPS) is 10.8. The number of hydrogen-bond donors (Lipinski definition) is 1. The maximum absolute atomic E-state index is 12.4. The highest BCUT2D eigenvalue weighted by atomic mass is 79.9. The van der Waals surface area contributed by atoms with Crippen LogP contribution in [0, 0.1) is 6.92 Å². The summed E-state index contributed by atoms with van der Waals surface area (Å²) in [6.07, 6.45) is 1.42. The van der Waals surface area contributed by atoms with E-state index in [1.54, 1.807) is 18.2 Å². The van der Waals surface area contributed by atoms with E-state index < -0.39 is 6.61 Å². The Labute approximate surface area is 164 Å². The molecule has 0 bridgehead atoms. The van der Waals surface area contributed by atoms with Gasteiger partial charge in [-0.15, -0.1) is 11.3 Å². The first-order valence-electron chi connectivity index (χ1n) is 7.47. The van der Waals surface area contributed by atoms with Crippen LogP contribution in [0.2, 0.25) is 0 Å². The number of benzene rings is 2. The predicted octanol–water partition coefficient (Wildman–Crippen LogP) is 2.17. The standard InChI is InChI=1S/C18H15F2N3OS.BrH/c1-12-6-8-13(9-7-12)15-11-25-18(22-15)23-21-10-14-4-2-3-5-16(14)24-17(19)20;/h2-11,17H,1H3,(H,22,23);1H/p-1/b21-10+;. The zero-order valence-corrected chi connectivity index (χ0v) is 16.1. The van der Waals surface area contributed by atoms with Gasteiger partial charge in [0.25, 0.3) is 0 Å². The van der Waals surface area contributed by atoms with Gasteiger partial charge in [-0.3, -0.25) is 5.43 Å². The van der Waals surface area contributed by atoms with Crippen molar-refractivity contribution in [3.63, 3.8) is 0 Å². The summed E-state index contributed by atoms with van der Waals surface area (Å²) in [4.78, 5) is 4.45. The molecule has 2 aromatic carbocycles. The molecule has 0 spiro atoms. The van der Waals surface area contributed by atoms with E-state index >= 15 is 0 Å². The van der Waals surface area contributed by atoms with E-state index in [9.17, 15) is 8.78 Å². The summed E-state index contributed by atoms with van der Waals surface area (Å²) in [5.74, 6) is 0.0718. The average molecular weight is 439 g/mol. The van der Waals surface area contributed by atoms with Crippen LogP contribution < -0.4 is 27.1 Å². The van der Waals surface area contributed by atoms with Gasteiger partial charge in [0.05, 0.1) is 11.9 Å². The number of halogens is 3. The molecule has 0 amide bonds. The third-order valence-corrected chi connectivity index (χ3v) is 4.10. The molecule has 8 heteroatoms. The maximum Gasteiger partial charge on any atom is 0.387 e. The predicted molar refractivity (Wildman–Crippen MR) is 96.6 cm³/mol. The number of alkyl halides is 2. The number of anilines is 1. The van der Waals surface area contributed by atoms with E-state index in [2.05, 4.69) is 20.2 Å². The SMILES string of the molecule is Cc1ccc(-c2csc(N/N=C/c3ccccc3OC(F)F)n2)cc1.[Br-]. The van der Waals surface area contributed by atoms with Crippen molar-refractivity contribution in [3.8, 4) is 17.0 Å². The summed E-state index contributed by atoms with van der Waals surface area (Å²) in [5.41, 5.74) is 6.32. The topological polar surface area (TPSA) is 46.5 Å². The molecule has 1 aromatic heterocycles. The highest BCUT2D eigenvalue weighted by Crippen LogP contribution is 2.25. The van der Waals surface area contributed by atoms with E-state index in [4.69, 9.17) is 0 Å². The first-order valence-corrected chi connectivity index (χ1v) is 8.35. The van der Waals surface area contributed by atoms with E-state index in [0.717, 1.165) is 11.3 Å². The molecule has 3 rings (SSSR count). The lowest BCUT2D eigenvalue weighted by molar-refractivity contribution is -0.0499. The molecule has 0 aliphatic carbocycles. The largest absolute Gasteiger partial charge is 1.00 e. The second kappa shape index (κ2) is 9.40. The van der Waals surface area contributed by atoms with Crippen molar-refractivity contribution in [2.24, 2.45) is 5.10 Å².